The first-order valence-electron chi connectivity index (χ1n) is 7.09. The Labute approximate surface area is 148 Å². The maximum absolute atomic E-state index is 12.2. The van der Waals surface area contributed by atoms with Gasteiger partial charge in [0, 0.05) is 17.8 Å². The molecule has 124 valence electrons. The number of carbonyl (C=O) groups is 1. The van der Waals surface area contributed by atoms with E-state index in [0.717, 1.165) is 28.0 Å². The van der Waals surface area contributed by atoms with Gasteiger partial charge < -0.3 is 5.32 Å². The zero-order valence-electron chi connectivity index (χ0n) is 12.5. The number of sulfonamides is 1. The van der Waals surface area contributed by atoms with Crippen molar-refractivity contribution in [3.8, 4) is 0 Å². The second-order valence-corrected chi connectivity index (χ2v) is 9.22. The van der Waals surface area contributed by atoms with Crippen molar-refractivity contribution in [2.45, 2.75) is 24.0 Å². The summed E-state index contributed by atoms with van der Waals surface area (Å²) in [5, 5.41) is 2.82. The van der Waals surface area contributed by atoms with Crippen molar-refractivity contribution in [3.05, 3.63) is 45.7 Å². The van der Waals surface area contributed by atoms with Gasteiger partial charge in [0.15, 0.2) is 0 Å². The van der Waals surface area contributed by atoms with E-state index in [4.69, 9.17) is 0 Å². The molecule has 2 N–H and O–H groups in total. The van der Waals surface area contributed by atoms with Gasteiger partial charge in [-0.25, -0.2) is 8.42 Å². The minimum Gasteiger partial charge on any atom is -0.352 e. The monoisotopic (exact) mass is 416 g/mol. The van der Waals surface area contributed by atoms with Crippen molar-refractivity contribution in [2.24, 2.45) is 0 Å². The fourth-order valence-corrected chi connectivity index (χ4v) is 4.89. The van der Waals surface area contributed by atoms with E-state index in [1.54, 1.807) is 30.3 Å². The molecule has 0 fully saturated rings. The maximum atomic E-state index is 12.2. The second-order valence-electron chi connectivity index (χ2n) is 4.85. The highest BCUT2D eigenvalue weighted by Gasteiger charge is 2.16. The van der Waals surface area contributed by atoms with E-state index < -0.39 is 10.0 Å². The summed E-state index contributed by atoms with van der Waals surface area (Å²) < 4.78 is 27.9. The Bertz CT molecular complexity index is 770. The van der Waals surface area contributed by atoms with E-state index in [2.05, 4.69) is 32.9 Å². The average Bonchev–Trinajstić information content (AvgIpc) is 2.95. The summed E-state index contributed by atoms with van der Waals surface area (Å²) in [5.41, 5.74) is 0.919. The number of hydrogen-bond acceptors (Lipinski definition) is 4. The highest BCUT2D eigenvalue weighted by atomic mass is 79.9. The number of carbonyl (C=O) groups excluding carboxylic acids is 1. The molecule has 1 aromatic heterocycles. The molecule has 0 spiro atoms. The van der Waals surface area contributed by atoms with Gasteiger partial charge in [-0.2, -0.15) is 0 Å². The van der Waals surface area contributed by atoms with Gasteiger partial charge in [0.1, 0.15) is 4.21 Å². The average molecular weight is 417 g/mol. The molecule has 5 nitrogen and oxygen atoms in total. The van der Waals surface area contributed by atoms with Gasteiger partial charge in [0.05, 0.1) is 3.79 Å². The number of hydrogen-bond donors (Lipinski definition) is 2. The Kier molecular flexibility index (Phi) is 6.20. The lowest BCUT2D eigenvalue weighted by atomic mass is 10.2. The first-order chi connectivity index (χ1) is 10.9. The molecule has 0 atom stereocenters. The third-order valence-electron chi connectivity index (χ3n) is 3.03. The van der Waals surface area contributed by atoms with Gasteiger partial charge in [0.2, 0.25) is 0 Å². The first-order valence-corrected chi connectivity index (χ1v) is 10.2. The molecule has 0 unspecified atom stereocenters. The van der Waals surface area contributed by atoms with Crippen LogP contribution in [0.15, 0.2) is 44.4 Å². The third-order valence-corrected chi connectivity index (χ3v) is 6.53. The molecule has 1 aromatic carbocycles. The SMILES string of the molecule is CCCCNC(=O)c1ccc(NS(=O)(=O)c2ccc(Br)s2)cc1. The zero-order chi connectivity index (χ0) is 16.9. The van der Waals surface area contributed by atoms with Crippen LogP contribution in [0, 0.1) is 0 Å². The summed E-state index contributed by atoms with van der Waals surface area (Å²) in [5.74, 6) is -0.157. The molecule has 8 heteroatoms. The molecule has 23 heavy (non-hydrogen) atoms. The Morgan fingerprint density at radius 1 is 1.17 bits per heavy atom. The third kappa shape index (κ3) is 5.05. The van der Waals surface area contributed by atoms with Gasteiger partial charge in [0.25, 0.3) is 15.9 Å². The molecule has 2 aromatic rings. The predicted octanol–water partition coefficient (Wildman–Crippen LogP) is 3.84. The van der Waals surface area contributed by atoms with E-state index in [0.29, 0.717) is 17.8 Å². The van der Waals surface area contributed by atoms with Crippen molar-refractivity contribution in [1.82, 2.24) is 5.32 Å². The summed E-state index contributed by atoms with van der Waals surface area (Å²) >= 11 is 4.38. The Balaban J connectivity index is 2.04. The number of amides is 1. The van der Waals surface area contributed by atoms with Crippen LogP contribution in [0.1, 0.15) is 30.1 Å². The topological polar surface area (TPSA) is 75.3 Å². The lowest BCUT2D eigenvalue weighted by Crippen LogP contribution is -2.24. The summed E-state index contributed by atoms with van der Waals surface area (Å²) in [6.07, 6.45) is 1.94. The normalized spacial score (nSPS) is 11.2. The number of anilines is 1. The molecule has 0 aliphatic heterocycles. The molecular formula is C15H17BrN2O3S2. The lowest BCUT2D eigenvalue weighted by Gasteiger charge is -2.08. The van der Waals surface area contributed by atoms with Crippen LogP contribution in [-0.4, -0.2) is 20.9 Å². The number of nitrogens with one attached hydrogen (secondary N) is 2. The maximum Gasteiger partial charge on any atom is 0.271 e. The highest BCUT2D eigenvalue weighted by Crippen LogP contribution is 2.27. The van der Waals surface area contributed by atoms with Gasteiger partial charge >= 0.3 is 0 Å². The van der Waals surface area contributed by atoms with Crippen molar-refractivity contribution < 1.29 is 13.2 Å². The molecule has 0 radical (unpaired) electrons. The minimum atomic E-state index is -3.61. The number of halogens is 1. The molecule has 1 heterocycles. The van der Waals surface area contributed by atoms with Crippen LogP contribution < -0.4 is 10.0 Å². The number of rotatable bonds is 7. The number of benzene rings is 1. The predicted molar refractivity (Wildman–Crippen MR) is 96.5 cm³/mol. The largest absolute Gasteiger partial charge is 0.352 e. The van der Waals surface area contributed by atoms with Crippen molar-refractivity contribution in [2.75, 3.05) is 11.3 Å². The van der Waals surface area contributed by atoms with Gasteiger partial charge in [-0.3, -0.25) is 9.52 Å². The van der Waals surface area contributed by atoms with Crippen LogP contribution in [0.3, 0.4) is 0 Å². The molecule has 0 saturated carbocycles. The van der Waals surface area contributed by atoms with E-state index in [9.17, 15) is 13.2 Å². The molecule has 2 rings (SSSR count). The standard InChI is InChI=1S/C15H17BrN2O3S2/c1-2-3-10-17-15(19)11-4-6-12(7-5-11)18-23(20,21)14-9-8-13(16)22-14/h4-9,18H,2-3,10H2,1H3,(H,17,19). The Morgan fingerprint density at radius 3 is 2.43 bits per heavy atom. The summed E-state index contributed by atoms with van der Waals surface area (Å²) in [6, 6.07) is 9.58. The molecule has 0 aliphatic rings. The van der Waals surface area contributed by atoms with Crippen LogP contribution >= 0.6 is 27.3 Å². The summed E-state index contributed by atoms with van der Waals surface area (Å²) in [6.45, 7) is 2.69. The molecule has 0 bridgehead atoms. The molecule has 0 saturated heterocycles. The first kappa shape index (κ1) is 18.0. The van der Waals surface area contributed by atoms with Crippen LogP contribution in [0.2, 0.25) is 0 Å². The van der Waals surface area contributed by atoms with Crippen molar-refractivity contribution in [3.63, 3.8) is 0 Å². The van der Waals surface area contributed by atoms with Gasteiger partial charge in [-0.05, 0) is 58.7 Å². The lowest BCUT2D eigenvalue weighted by molar-refractivity contribution is 0.0953. The van der Waals surface area contributed by atoms with Crippen LogP contribution in [0.5, 0.6) is 0 Å². The fourth-order valence-electron chi connectivity index (χ4n) is 1.82. The summed E-state index contributed by atoms with van der Waals surface area (Å²) in [7, 11) is -3.61. The smallest absolute Gasteiger partial charge is 0.271 e. The zero-order valence-corrected chi connectivity index (χ0v) is 15.7. The molecular weight excluding hydrogens is 400 g/mol. The van der Waals surface area contributed by atoms with Crippen LogP contribution in [-0.2, 0) is 10.0 Å². The van der Waals surface area contributed by atoms with E-state index in [1.165, 1.54) is 6.07 Å². The quantitative estimate of drug-likeness (QED) is 0.673. The van der Waals surface area contributed by atoms with E-state index in [1.807, 2.05) is 0 Å². The van der Waals surface area contributed by atoms with Crippen molar-refractivity contribution >= 4 is 48.9 Å². The number of unbranched alkanes of at least 4 members (excludes halogenated alkanes) is 1. The van der Waals surface area contributed by atoms with Crippen LogP contribution in [0.4, 0.5) is 5.69 Å². The second kappa shape index (κ2) is 7.94. The van der Waals surface area contributed by atoms with Crippen LogP contribution in [0.25, 0.3) is 0 Å². The van der Waals surface area contributed by atoms with E-state index in [-0.39, 0.29) is 10.1 Å². The van der Waals surface area contributed by atoms with Gasteiger partial charge in [-0.1, -0.05) is 13.3 Å². The Hall–Kier alpha value is -1.38. The highest BCUT2D eigenvalue weighted by molar-refractivity contribution is 9.11. The fraction of sp³-hybridized carbons (Fsp3) is 0.267. The minimum absolute atomic E-state index is 0.157. The van der Waals surface area contributed by atoms with Crippen molar-refractivity contribution in [1.29, 1.82) is 0 Å². The van der Waals surface area contributed by atoms with Gasteiger partial charge in [-0.15, -0.1) is 11.3 Å². The summed E-state index contributed by atoms with van der Waals surface area (Å²) in [4.78, 5) is 11.9. The Morgan fingerprint density at radius 2 is 1.87 bits per heavy atom. The molecule has 1 amide bonds. The van der Waals surface area contributed by atoms with E-state index >= 15 is 0 Å². The number of thiophene rings is 1. The molecule has 0 aliphatic carbocycles.